The molecule has 0 atom stereocenters. The second-order valence-corrected chi connectivity index (χ2v) is 14.3. The van der Waals surface area contributed by atoms with Gasteiger partial charge in [-0.25, -0.2) is 0 Å². The second-order valence-electron chi connectivity index (χ2n) is 12.2. The topological polar surface area (TPSA) is 34.1 Å². The molecule has 0 N–H and O–H groups in total. The van der Waals surface area contributed by atoms with Gasteiger partial charge in [-0.15, -0.1) is 0 Å². The summed E-state index contributed by atoms with van der Waals surface area (Å²) in [7, 11) is 0. The summed E-state index contributed by atoms with van der Waals surface area (Å²) in [6, 6.07) is 53.0. The molecule has 0 amide bonds. The molecule has 0 unspecified atom stereocenters. The zero-order valence-corrected chi connectivity index (χ0v) is 27.4. The average molecular weight is 653 g/mol. The number of hydrogen-bond donors (Lipinski definition) is 0. The first-order valence-corrected chi connectivity index (χ1v) is 17.7. The van der Waals surface area contributed by atoms with Gasteiger partial charge < -0.3 is 0 Å². The fraction of sp³-hybridized carbons (Fsp3) is 0.0455. The van der Waals surface area contributed by atoms with Crippen LogP contribution in [0, 0.1) is 0 Å². The summed E-state index contributed by atoms with van der Waals surface area (Å²) in [5.41, 5.74) is 10.6. The van der Waals surface area contributed by atoms with Crippen molar-refractivity contribution >= 4 is 35.1 Å². The van der Waals surface area contributed by atoms with E-state index in [2.05, 4.69) is 97.1 Å². The number of benzene rings is 6. The number of Topliss-reactive ketones (excluding diaryl/α,β-unsaturated/α-hetero) is 2. The molecule has 228 valence electrons. The van der Waals surface area contributed by atoms with E-state index >= 15 is 0 Å². The fourth-order valence-electron chi connectivity index (χ4n) is 7.43. The highest BCUT2D eigenvalue weighted by Crippen LogP contribution is 2.62. The molecule has 0 spiro atoms. The van der Waals surface area contributed by atoms with Crippen LogP contribution in [-0.4, -0.2) is 11.6 Å². The molecule has 6 aromatic rings. The van der Waals surface area contributed by atoms with Crippen molar-refractivity contribution in [2.75, 3.05) is 0 Å². The van der Waals surface area contributed by atoms with Crippen LogP contribution < -0.4 is 0 Å². The van der Waals surface area contributed by atoms with Crippen molar-refractivity contribution in [3.05, 3.63) is 211 Å². The highest BCUT2D eigenvalue weighted by Gasteiger charge is 2.43. The maximum Gasteiger partial charge on any atom is 0.200 e. The largest absolute Gasteiger partial charge is 0.288 e. The Morgan fingerprint density at radius 2 is 0.625 bits per heavy atom. The highest BCUT2D eigenvalue weighted by atomic mass is 32.2. The molecule has 2 aliphatic carbocycles. The van der Waals surface area contributed by atoms with E-state index < -0.39 is 0 Å². The van der Waals surface area contributed by atoms with E-state index in [1.807, 2.05) is 60.7 Å². The van der Waals surface area contributed by atoms with E-state index in [4.69, 9.17) is 0 Å². The lowest BCUT2D eigenvalue weighted by atomic mass is 9.94. The summed E-state index contributed by atoms with van der Waals surface area (Å²) in [6.07, 6.45) is 0. The van der Waals surface area contributed by atoms with Crippen molar-refractivity contribution in [2.45, 2.75) is 11.8 Å². The zero-order chi connectivity index (χ0) is 32.2. The van der Waals surface area contributed by atoms with Crippen molar-refractivity contribution in [3.63, 3.8) is 0 Å². The number of carbonyl (C=O) groups is 2. The molecule has 0 fully saturated rings. The van der Waals surface area contributed by atoms with Gasteiger partial charge in [-0.05, 0) is 44.5 Å². The molecule has 3 aliphatic rings. The third-order valence-electron chi connectivity index (χ3n) is 9.55. The Balaban J connectivity index is 1.30. The molecule has 6 aromatic carbocycles. The van der Waals surface area contributed by atoms with E-state index in [0.717, 1.165) is 32.1 Å². The smallest absolute Gasteiger partial charge is 0.200 e. The Bertz CT molecular complexity index is 2080. The summed E-state index contributed by atoms with van der Waals surface area (Å²) in [5, 5.41) is 0. The van der Waals surface area contributed by atoms with Crippen LogP contribution in [0.5, 0.6) is 0 Å². The van der Waals surface area contributed by atoms with Gasteiger partial charge >= 0.3 is 0 Å². The van der Waals surface area contributed by atoms with Gasteiger partial charge in [0.05, 0.1) is 9.81 Å². The molecule has 9 rings (SSSR count). The minimum absolute atomic E-state index is 0.0201. The van der Waals surface area contributed by atoms with Crippen LogP contribution in [-0.2, 0) is 0 Å². The second kappa shape index (κ2) is 11.8. The molecule has 1 aliphatic heterocycles. The van der Waals surface area contributed by atoms with Gasteiger partial charge in [0.25, 0.3) is 0 Å². The molecule has 1 heterocycles. The number of hydrogen-bond acceptors (Lipinski definition) is 4. The van der Waals surface area contributed by atoms with Crippen LogP contribution in [0.15, 0.2) is 177 Å². The molecule has 0 bridgehead atoms. The fourth-order valence-corrected chi connectivity index (χ4v) is 10.3. The van der Waals surface area contributed by atoms with Crippen LogP contribution >= 0.6 is 23.5 Å². The summed E-state index contributed by atoms with van der Waals surface area (Å²) < 4.78 is 0. The van der Waals surface area contributed by atoms with Gasteiger partial charge in [-0.2, -0.15) is 0 Å². The van der Waals surface area contributed by atoms with Gasteiger partial charge in [0, 0.05) is 32.8 Å². The Hall–Kier alpha value is -5.16. The molecule has 48 heavy (non-hydrogen) atoms. The molecule has 0 radical (unpaired) electrons. The molecule has 0 aromatic heterocycles. The maximum absolute atomic E-state index is 14.8. The Kier molecular flexibility index (Phi) is 7.14. The molecule has 0 saturated carbocycles. The van der Waals surface area contributed by atoms with Gasteiger partial charge in [-0.1, -0.05) is 181 Å². The summed E-state index contributed by atoms with van der Waals surface area (Å²) >= 11 is 3.00. The number of fused-ring (bicyclic) bond motifs is 6. The van der Waals surface area contributed by atoms with Crippen molar-refractivity contribution in [2.24, 2.45) is 0 Å². The lowest BCUT2D eigenvalue weighted by Gasteiger charge is -2.31. The number of thioether (sulfide) groups is 2. The molecular weight excluding hydrogens is 625 g/mol. The first-order valence-electron chi connectivity index (χ1n) is 16.1. The summed E-state index contributed by atoms with van der Waals surface area (Å²) in [4.78, 5) is 32.8. The van der Waals surface area contributed by atoms with Crippen LogP contribution in [0.25, 0.3) is 22.3 Å². The monoisotopic (exact) mass is 652 g/mol. The van der Waals surface area contributed by atoms with Gasteiger partial charge in [0.15, 0.2) is 0 Å². The van der Waals surface area contributed by atoms with Crippen molar-refractivity contribution < 1.29 is 9.59 Å². The maximum atomic E-state index is 14.8. The lowest BCUT2D eigenvalue weighted by Crippen LogP contribution is -2.17. The average Bonchev–Trinajstić information content (AvgIpc) is 3.67. The quantitative estimate of drug-likeness (QED) is 0.168. The molecular formula is C44H28O2S2. The first kappa shape index (κ1) is 29.0. The van der Waals surface area contributed by atoms with Crippen molar-refractivity contribution in [1.82, 2.24) is 0 Å². The van der Waals surface area contributed by atoms with Crippen LogP contribution in [0.2, 0.25) is 0 Å². The van der Waals surface area contributed by atoms with Gasteiger partial charge in [-0.3, -0.25) is 9.59 Å². The van der Waals surface area contributed by atoms with E-state index in [1.54, 1.807) is 0 Å². The SMILES string of the molecule is O=C(C1=C(C2c3ccccc3-c3ccccc32)SC(C(=O)c2ccccc2)=C(C2c3ccccc3-c3ccccc32)S1)c1ccccc1. The Labute approximate surface area is 288 Å². The Morgan fingerprint density at radius 3 is 0.938 bits per heavy atom. The number of rotatable bonds is 6. The molecule has 4 heteroatoms. The predicted octanol–water partition coefficient (Wildman–Crippen LogP) is 11.3. The van der Waals surface area contributed by atoms with Crippen molar-refractivity contribution in [3.8, 4) is 22.3 Å². The Morgan fingerprint density at radius 1 is 0.354 bits per heavy atom. The highest BCUT2D eigenvalue weighted by molar-refractivity contribution is 8.14. The van der Waals surface area contributed by atoms with Crippen LogP contribution in [0.1, 0.15) is 54.8 Å². The van der Waals surface area contributed by atoms with Crippen LogP contribution in [0.4, 0.5) is 0 Å². The molecule has 2 nitrogen and oxygen atoms in total. The minimum atomic E-state index is -0.180. The van der Waals surface area contributed by atoms with Crippen LogP contribution in [0.3, 0.4) is 0 Å². The van der Waals surface area contributed by atoms with E-state index in [-0.39, 0.29) is 23.4 Å². The number of carbonyl (C=O) groups excluding carboxylic acids is 2. The normalized spacial score (nSPS) is 15.2. The zero-order valence-electron chi connectivity index (χ0n) is 25.8. The van der Waals surface area contributed by atoms with Gasteiger partial charge in [0.1, 0.15) is 0 Å². The molecule has 0 saturated heterocycles. The van der Waals surface area contributed by atoms with E-state index in [1.165, 1.54) is 45.8 Å². The number of allylic oxidation sites excluding steroid dienone is 4. The van der Waals surface area contributed by atoms with Gasteiger partial charge in [0.2, 0.25) is 11.6 Å². The number of ketones is 2. The first-order chi connectivity index (χ1) is 23.7. The summed E-state index contributed by atoms with van der Waals surface area (Å²) in [5.74, 6) is -0.400. The third-order valence-corrected chi connectivity index (χ3v) is 12.3. The standard InChI is InChI=1S/C44H28O2S2/c45-39(27-15-3-1-4-16-27)43-41(37-33-23-11-7-19-29(33)30-20-8-12-24-34(30)37)48-44(40(46)28-17-5-2-6-18-28)42(47-43)38-35-25-13-9-21-31(35)32-22-10-14-26-36(32)38/h1-26,37-38H. The van der Waals surface area contributed by atoms with Crippen molar-refractivity contribution in [1.29, 1.82) is 0 Å². The van der Waals surface area contributed by atoms with E-state index in [9.17, 15) is 9.59 Å². The lowest BCUT2D eigenvalue weighted by molar-refractivity contribution is 0.103. The van der Waals surface area contributed by atoms with E-state index in [0.29, 0.717) is 20.9 Å². The third kappa shape index (κ3) is 4.59. The predicted molar refractivity (Wildman–Crippen MR) is 198 cm³/mol. The summed E-state index contributed by atoms with van der Waals surface area (Å²) in [6.45, 7) is 0. The minimum Gasteiger partial charge on any atom is -0.288 e.